The van der Waals surface area contributed by atoms with Gasteiger partial charge in [0, 0.05) is 18.2 Å². The third kappa shape index (κ3) is 2.44. The maximum absolute atomic E-state index is 13.5. The standard InChI is InChI=1S/C12H12F5NO/c13-8-7(4-18-3-1-2-6(18)5-19)9(14)11(16)12(17)10(8)15/h6,19H,1-5H2/t6-/m0/s1. The lowest BCUT2D eigenvalue weighted by Gasteiger charge is -2.23. The van der Waals surface area contributed by atoms with Gasteiger partial charge in [0.2, 0.25) is 5.82 Å². The SMILES string of the molecule is OC[C@@H]1CCCN1Cc1c(F)c(F)c(F)c(F)c1F. The first-order chi connectivity index (χ1) is 8.97. The molecule has 2 rings (SSSR count). The van der Waals surface area contributed by atoms with Gasteiger partial charge in [-0.25, -0.2) is 22.0 Å². The Bertz CT molecular complexity index is 464. The fourth-order valence-corrected chi connectivity index (χ4v) is 2.30. The Balaban J connectivity index is 2.35. The quantitative estimate of drug-likeness (QED) is 0.522. The molecule has 1 saturated heterocycles. The predicted molar refractivity (Wildman–Crippen MR) is 56.7 cm³/mol. The number of aliphatic hydroxyl groups excluding tert-OH is 1. The van der Waals surface area contributed by atoms with E-state index in [0.717, 1.165) is 0 Å². The molecule has 1 aromatic carbocycles. The summed E-state index contributed by atoms with van der Waals surface area (Å²) in [5.41, 5.74) is -0.850. The van der Waals surface area contributed by atoms with Crippen LogP contribution in [0.1, 0.15) is 18.4 Å². The van der Waals surface area contributed by atoms with Gasteiger partial charge in [0.1, 0.15) is 0 Å². The van der Waals surface area contributed by atoms with Gasteiger partial charge in [-0.1, -0.05) is 0 Å². The second-order valence-electron chi connectivity index (χ2n) is 4.50. The molecule has 1 fully saturated rings. The molecule has 0 amide bonds. The van der Waals surface area contributed by atoms with E-state index in [0.29, 0.717) is 19.4 Å². The number of hydrogen-bond donors (Lipinski definition) is 1. The summed E-state index contributed by atoms with van der Waals surface area (Å²) in [6.07, 6.45) is 1.34. The minimum absolute atomic E-state index is 0.213. The molecule has 106 valence electrons. The van der Waals surface area contributed by atoms with Crippen LogP contribution in [0.4, 0.5) is 22.0 Å². The zero-order valence-electron chi connectivity index (χ0n) is 9.90. The van der Waals surface area contributed by atoms with Crippen LogP contribution < -0.4 is 0 Å². The van der Waals surface area contributed by atoms with E-state index in [1.807, 2.05) is 0 Å². The highest BCUT2D eigenvalue weighted by Gasteiger charge is 2.30. The van der Waals surface area contributed by atoms with Gasteiger partial charge >= 0.3 is 0 Å². The minimum Gasteiger partial charge on any atom is -0.395 e. The molecular weight excluding hydrogens is 269 g/mol. The molecule has 0 bridgehead atoms. The largest absolute Gasteiger partial charge is 0.395 e. The van der Waals surface area contributed by atoms with Crippen molar-refractivity contribution in [1.29, 1.82) is 0 Å². The molecule has 0 unspecified atom stereocenters. The van der Waals surface area contributed by atoms with Crippen LogP contribution in [0, 0.1) is 29.1 Å². The van der Waals surface area contributed by atoms with E-state index in [4.69, 9.17) is 5.11 Å². The van der Waals surface area contributed by atoms with E-state index < -0.39 is 41.2 Å². The molecule has 1 N–H and O–H groups in total. The number of nitrogens with zero attached hydrogens (tertiary/aromatic N) is 1. The number of benzene rings is 1. The summed E-state index contributed by atoms with van der Waals surface area (Å²) in [5.74, 6) is -9.64. The van der Waals surface area contributed by atoms with Crippen molar-refractivity contribution in [3.8, 4) is 0 Å². The van der Waals surface area contributed by atoms with Crippen molar-refractivity contribution in [3.63, 3.8) is 0 Å². The van der Waals surface area contributed by atoms with E-state index in [9.17, 15) is 22.0 Å². The molecule has 1 heterocycles. The van der Waals surface area contributed by atoms with Crippen LogP contribution in [0.5, 0.6) is 0 Å². The van der Waals surface area contributed by atoms with E-state index in [-0.39, 0.29) is 12.6 Å². The monoisotopic (exact) mass is 281 g/mol. The summed E-state index contributed by atoms with van der Waals surface area (Å²) in [6.45, 7) is -0.170. The van der Waals surface area contributed by atoms with Crippen molar-refractivity contribution in [2.75, 3.05) is 13.2 Å². The van der Waals surface area contributed by atoms with Crippen LogP contribution in [-0.2, 0) is 6.54 Å². The third-order valence-electron chi connectivity index (χ3n) is 3.37. The maximum atomic E-state index is 13.5. The highest BCUT2D eigenvalue weighted by Crippen LogP contribution is 2.27. The Morgan fingerprint density at radius 3 is 2.00 bits per heavy atom. The Morgan fingerprint density at radius 1 is 0.947 bits per heavy atom. The summed E-state index contributed by atoms with van der Waals surface area (Å²) in [7, 11) is 0. The summed E-state index contributed by atoms with van der Waals surface area (Å²) < 4.78 is 65.9. The Kier molecular flexibility index (Phi) is 4.05. The van der Waals surface area contributed by atoms with Crippen molar-refractivity contribution in [2.24, 2.45) is 0 Å². The van der Waals surface area contributed by atoms with Gasteiger partial charge in [-0.3, -0.25) is 4.90 Å². The van der Waals surface area contributed by atoms with Crippen LogP contribution in [0.3, 0.4) is 0 Å². The smallest absolute Gasteiger partial charge is 0.200 e. The molecule has 7 heteroatoms. The summed E-state index contributed by atoms with van der Waals surface area (Å²) in [5, 5.41) is 9.07. The molecule has 1 aliphatic rings. The molecule has 0 spiro atoms. The van der Waals surface area contributed by atoms with Crippen LogP contribution in [-0.4, -0.2) is 29.2 Å². The van der Waals surface area contributed by atoms with Gasteiger partial charge in [-0.05, 0) is 19.4 Å². The normalized spacial score (nSPS) is 20.2. The van der Waals surface area contributed by atoms with Crippen molar-refractivity contribution >= 4 is 0 Å². The van der Waals surface area contributed by atoms with E-state index >= 15 is 0 Å². The van der Waals surface area contributed by atoms with Gasteiger partial charge < -0.3 is 5.11 Å². The first-order valence-corrected chi connectivity index (χ1v) is 5.82. The average Bonchev–Trinajstić information content (AvgIpc) is 2.86. The van der Waals surface area contributed by atoms with Gasteiger partial charge in [0.25, 0.3) is 0 Å². The van der Waals surface area contributed by atoms with Crippen molar-refractivity contribution in [3.05, 3.63) is 34.6 Å². The summed E-state index contributed by atoms with van der Waals surface area (Å²) in [4.78, 5) is 1.51. The van der Waals surface area contributed by atoms with E-state index in [1.165, 1.54) is 4.90 Å². The Morgan fingerprint density at radius 2 is 1.47 bits per heavy atom. The molecule has 0 radical (unpaired) electrons. The van der Waals surface area contributed by atoms with Crippen LogP contribution in [0.25, 0.3) is 0 Å². The molecular formula is C12H12F5NO. The first-order valence-electron chi connectivity index (χ1n) is 5.82. The Labute approximate surface area is 106 Å². The summed E-state index contributed by atoms with van der Waals surface area (Å²) in [6, 6.07) is -0.310. The molecule has 0 aromatic heterocycles. The zero-order valence-corrected chi connectivity index (χ0v) is 9.90. The minimum atomic E-state index is -2.15. The van der Waals surface area contributed by atoms with E-state index in [1.54, 1.807) is 0 Å². The topological polar surface area (TPSA) is 23.5 Å². The molecule has 1 aromatic rings. The van der Waals surface area contributed by atoms with Crippen molar-refractivity contribution in [2.45, 2.75) is 25.4 Å². The number of rotatable bonds is 3. The van der Waals surface area contributed by atoms with Crippen LogP contribution in [0.15, 0.2) is 0 Å². The number of likely N-dealkylation sites (tertiary alicyclic amines) is 1. The highest BCUT2D eigenvalue weighted by atomic mass is 19.2. The van der Waals surface area contributed by atoms with E-state index in [2.05, 4.69) is 0 Å². The zero-order chi connectivity index (χ0) is 14.2. The average molecular weight is 281 g/mol. The van der Waals surface area contributed by atoms with Gasteiger partial charge in [-0.2, -0.15) is 0 Å². The molecule has 1 aliphatic heterocycles. The highest BCUT2D eigenvalue weighted by molar-refractivity contribution is 5.24. The molecule has 1 atom stereocenters. The lowest BCUT2D eigenvalue weighted by molar-refractivity contribution is 0.150. The van der Waals surface area contributed by atoms with Crippen molar-refractivity contribution < 1.29 is 27.1 Å². The predicted octanol–water partition coefficient (Wildman–Crippen LogP) is 2.34. The third-order valence-corrected chi connectivity index (χ3v) is 3.37. The number of aliphatic hydroxyl groups is 1. The van der Waals surface area contributed by atoms with Gasteiger partial charge in [-0.15, -0.1) is 0 Å². The number of hydrogen-bond acceptors (Lipinski definition) is 2. The molecule has 0 saturated carbocycles. The Hall–Kier alpha value is -1.21. The maximum Gasteiger partial charge on any atom is 0.200 e. The fraction of sp³-hybridized carbons (Fsp3) is 0.500. The molecule has 2 nitrogen and oxygen atoms in total. The number of halogens is 5. The van der Waals surface area contributed by atoms with Crippen LogP contribution in [0.2, 0.25) is 0 Å². The van der Waals surface area contributed by atoms with Gasteiger partial charge in [0.15, 0.2) is 23.3 Å². The van der Waals surface area contributed by atoms with Gasteiger partial charge in [0.05, 0.1) is 6.61 Å². The fourth-order valence-electron chi connectivity index (χ4n) is 2.30. The van der Waals surface area contributed by atoms with Crippen LogP contribution >= 0.6 is 0 Å². The lowest BCUT2D eigenvalue weighted by Crippen LogP contribution is -2.32. The second-order valence-corrected chi connectivity index (χ2v) is 4.50. The first kappa shape index (κ1) is 14.2. The molecule has 0 aliphatic carbocycles. The van der Waals surface area contributed by atoms with Crippen molar-refractivity contribution in [1.82, 2.24) is 4.90 Å². The molecule has 19 heavy (non-hydrogen) atoms. The lowest BCUT2D eigenvalue weighted by atomic mass is 10.1. The summed E-state index contributed by atoms with van der Waals surface area (Å²) >= 11 is 0. The second kappa shape index (κ2) is 5.42.